The van der Waals surface area contributed by atoms with E-state index in [1.54, 1.807) is 0 Å². The van der Waals surface area contributed by atoms with Gasteiger partial charge in [-0.05, 0) is 24.8 Å². The molecule has 1 fully saturated rings. The zero-order valence-corrected chi connectivity index (χ0v) is 12.6. The van der Waals surface area contributed by atoms with Crippen LogP contribution in [-0.4, -0.2) is 33.5 Å². The van der Waals surface area contributed by atoms with Gasteiger partial charge in [-0.3, -0.25) is 4.18 Å². The molecule has 1 aliphatic carbocycles. The van der Waals surface area contributed by atoms with E-state index in [4.69, 9.17) is 8.92 Å². The third-order valence-electron chi connectivity index (χ3n) is 3.51. The molecule has 1 aromatic rings. The van der Waals surface area contributed by atoms with Gasteiger partial charge in [0.15, 0.2) is 0 Å². The Morgan fingerprint density at radius 2 is 1.75 bits per heavy atom. The second kappa shape index (κ2) is 7.20. The van der Waals surface area contributed by atoms with Gasteiger partial charge in [-0.15, -0.1) is 0 Å². The SMILES string of the molecule is CS(=O)(=O)O[C@@H]1CCCC[C@H]1OCCc1ccccc1. The third-order valence-corrected chi connectivity index (χ3v) is 4.10. The Hall–Kier alpha value is -0.910. The van der Waals surface area contributed by atoms with Gasteiger partial charge in [0.1, 0.15) is 6.10 Å². The van der Waals surface area contributed by atoms with Crippen LogP contribution in [0.15, 0.2) is 30.3 Å². The summed E-state index contributed by atoms with van der Waals surface area (Å²) < 4.78 is 33.5. The fourth-order valence-electron chi connectivity index (χ4n) is 2.56. The van der Waals surface area contributed by atoms with E-state index in [-0.39, 0.29) is 12.2 Å². The Labute approximate surface area is 121 Å². The van der Waals surface area contributed by atoms with Crippen molar-refractivity contribution in [3.8, 4) is 0 Å². The largest absolute Gasteiger partial charge is 0.375 e. The molecule has 0 aromatic heterocycles. The van der Waals surface area contributed by atoms with Gasteiger partial charge in [-0.2, -0.15) is 8.42 Å². The number of benzene rings is 1. The van der Waals surface area contributed by atoms with Gasteiger partial charge in [0.05, 0.1) is 19.0 Å². The van der Waals surface area contributed by atoms with Crippen molar-refractivity contribution in [2.24, 2.45) is 0 Å². The summed E-state index contributed by atoms with van der Waals surface area (Å²) in [5.74, 6) is 0. The Kier molecular flexibility index (Phi) is 5.57. The van der Waals surface area contributed by atoms with E-state index in [0.717, 1.165) is 38.4 Å². The van der Waals surface area contributed by atoms with E-state index in [2.05, 4.69) is 12.1 Å². The maximum atomic E-state index is 11.3. The van der Waals surface area contributed by atoms with Gasteiger partial charge in [-0.25, -0.2) is 0 Å². The maximum absolute atomic E-state index is 11.3. The molecular formula is C15H22O4S. The first kappa shape index (κ1) is 15.5. The van der Waals surface area contributed by atoms with E-state index in [1.165, 1.54) is 5.56 Å². The zero-order valence-electron chi connectivity index (χ0n) is 11.8. The molecule has 4 nitrogen and oxygen atoms in total. The Morgan fingerprint density at radius 1 is 1.10 bits per heavy atom. The lowest BCUT2D eigenvalue weighted by Gasteiger charge is -2.30. The van der Waals surface area contributed by atoms with Crippen LogP contribution in [0, 0.1) is 0 Å². The number of hydrogen-bond acceptors (Lipinski definition) is 4. The van der Waals surface area contributed by atoms with E-state index >= 15 is 0 Å². The van der Waals surface area contributed by atoms with Gasteiger partial charge >= 0.3 is 0 Å². The van der Waals surface area contributed by atoms with Crippen LogP contribution in [0.4, 0.5) is 0 Å². The fourth-order valence-corrected chi connectivity index (χ4v) is 3.23. The van der Waals surface area contributed by atoms with E-state index in [1.807, 2.05) is 18.2 Å². The van der Waals surface area contributed by atoms with Crippen LogP contribution >= 0.6 is 0 Å². The van der Waals surface area contributed by atoms with Gasteiger partial charge in [0.25, 0.3) is 10.1 Å². The maximum Gasteiger partial charge on any atom is 0.264 e. The molecule has 1 aromatic carbocycles. The highest BCUT2D eigenvalue weighted by molar-refractivity contribution is 7.86. The first-order valence-electron chi connectivity index (χ1n) is 7.08. The van der Waals surface area contributed by atoms with E-state index in [9.17, 15) is 8.42 Å². The summed E-state index contributed by atoms with van der Waals surface area (Å²) in [5, 5.41) is 0. The highest BCUT2D eigenvalue weighted by atomic mass is 32.2. The Morgan fingerprint density at radius 3 is 2.40 bits per heavy atom. The average Bonchev–Trinajstić information content (AvgIpc) is 2.40. The summed E-state index contributed by atoms with van der Waals surface area (Å²) in [6, 6.07) is 10.1. The second-order valence-corrected chi connectivity index (χ2v) is 6.87. The zero-order chi connectivity index (χ0) is 14.4. The molecular weight excluding hydrogens is 276 g/mol. The quantitative estimate of drug-likeness (QED) is 0.757. The molecule has 0 spiro atoms. The Bertz CT molecular complexity index is 498. The minimum atomic E-state index is -3.41. The number of rotatable bonds is 6. The van der Waals surface area contributed by atoms with E-state index in [0.29, 0.717) is 6.61 Å². The molecule has 0 saturated heterocycles. The lowest BCUT2D eigenvalue weighted by atomic mass is 9.95. The van der Waals surface area contributed by atoms with Crippen LogP contribution in [0.5, 0.6) is 0 Å². The lowest BCUT2D eigenvalue weighted by Crippen LogP contribution is -2.36. The predicted molar refractivity (Wildman–Crippen MR) is 78.1 cm³/mol. The molecule has 0 aliphatic heterocycles. The number of ether oxygens (including phenoxy) is 1. The molecule has 20 heavy (non-hydrogen) atoms. The molecule has 1 aliphatic rings. The van der Waals surface area contributed by atoms with Crippen molar-refractivity contribution in [1.29, 1.82) is 0 Å². The summed E-state index contributed by atoms with van der Waals surface area (Å²) in [4.78, 5) is 0. The molecule has 0 heterocycles. The fraction of sp³-hybridized carbons (Fsp3) is 0.600. The van der Waals surface area contributed by atoms with Crippen molar-refractivity contribution in [3.63, 3.8) is 0 Å². The normalized spacial score (nSPS) is 23.6. The molecule has 0 N–H and O–H groups in total. The average molecular weight is 298 g/mol. The molecule has 0 radical (unpaired) electrons. The standard InChI is InChI=1S/C15H22O4S/c1-20(16,17)19-15-10-6-5-9-14(15)18-12-11-13-7-3-2-4-8-13/h2-4,7-8,14-15H,5-6,9-12H2,1H3/t14-,15-/m1/s1. The summed E-state index contributed by atoms with van der Waals surface area (Å²) >= 11 is 0. The monoisotopic (exact) mass is 298 g/mol. The van der Waals surface area contributed by atoms with Gasteiger partial charge in [0.2, 0.25) is 0 Å². The van der Waals surface area contributed by atoms with Crippen molar-refractivity contribution in [2.45, 2.75) is 44.3 Å². The lowest BCUT2D eigenvalue weighted by molar-refractivity contribution is -0.0437. The van der Waals surface area contributed by atoms with Gasteiger partial charge < -0.3 is 4.74 Å². The second-order valence-electron chi connectivity index (χ2n) is 5.27. The van der Waals surface area contributed by atoms with Crippen LogP contribution in [0.25, 0.3) is 0 Å². The molecule has 1 saturated carbocycles. The molecule has 112 valence electrons. The summed E-state index contributed by atoms with van der Waals surface area (Å²) in [7, 11) is -3.41. The minimum absolute atomic E-state index is 0.109. The van der Waals surface area contributed by atoms with Crippen molar-refractivity contribution in [3.05, 3.63) is 35.9 Å². The van der Waals surface area contributed by atoms with Crippen molar-refractivity contribution in [1.82, 2.24) is 0 Å². The highest BCUT2D eigenvalue weighted by Gasteiger charge is 2.29. The number of hydrogen-bond donors (Lipinski definition) is 0. The van der Waals surface area contributed by atoms with Crippen LogP contribution in [-0.2, 0) is 25.5 Å². The summed E-state index contributed by atoms with van der Waals surface area (Å²) in [6.07, 6.45) is 5.19. The van der Waals surface area contributed by atoms with Crippen molar-refractivity contribution in [2.75, 3.05) is 12.9 Å². The molecule has 5 heteroatoms. The highest BCUT2D eigenvalue weighted by Crippen LogP contribution is 2.25. The third kappa shape index (κ3) is 5.23. The van der Waals surface area contributed by atoms with Crippen LogP contribution in [0.3, 0.4) is 0 Å². The van der Waals surface area contributed by atoms with Gasteiger partial charge in [-0.1, -0.05) is 43.2 Å². The molecule has 0 unspecified atom stereocenters. The Balaban J connectivity index is 1.83. The molecule has 0 amide bonds. The van der Waals surface area contributed by atoms with Crippen LogP contribution in [0.1, 0.15) is 31.2 Å². The topological polar surface area (TPSA) is 52.6 Å². The van der Waals surface area contributed by atoms with Crippen LogP contribution in [0.2, 0.25) is 0 Å². The summed E-state index contributed by atoms with van der Waals surface area (Å²) in [5.41, 5.74) is 1.23. The van der Waals surface area contributed by atoms with Crippen molar-refractivity contribution >= 4 is 10.1 Å². The molecule has 0 bridgehead atoms. The van der Waals surface area contributed by atoms with E-state index < -0.39 is 10.1 Å². The first-order chi connectivity index (χ1) is 9.54. The van der Waals surface area contributed by atoms with Crippen molar-refractivity contribution < 1.29 is 17.3 Å². The summed E-state index contributed by atoms with van der Waals surface area (Å²) in [6.45, 7) is 0.596. The molecule has 2 atom stereocenters. The van der Waals surface area contributed by atoms with Gasteiger partial charge in [0, 0.05) is 0 Å². The first-order valence-corrected chi connectivity index (χ1v) is 8.90. The smallest absolute Gasteiger partial charge is 0.264 e. The van der Waals surface area contributed by atoms with Crippen LogP contribution < -0.4 is 0 Å². The molecule has 2 rings (SSSR count). The predicted octanol–water partition coefficient (Wildman–Crippen LogP) is 2.53. The minimum Gasteiger partial charge on any atom is -0.375 e.